The fourth-order valence-corrected chi connectivity index (χ4v) is 2.92. The van der Waals surface area contributed by atoms with Gasteiger partial charge in [0.15, 0.2) is 5.76 Å². The normalized spacial score (nSPS) is 18.5. The summed E-state index contributed by atoms with van der Waals surface area (Å²) in [5.74, 6) is 0.878. The van der Waals surface area contributed by atoms with Gasteiger partial charge in [-0.2, -0.15) is 0 Å². The zero-order valence-corrected chi connectivity index (χ0v) is 12.7. The van der Waals surface area contributed by atoms with Gasteiger partial charge in [0, 0.05) is 19.7 Å². The third kappa shape index (κ3) is 2.90. The number of carbonyl (C=O) groups is 1. The molecule has 0 spiro atoms. The van der Waals surface area contributed by atoms with Crippen molar-refractivity contribution in [1.82, 2.24) is 9.88 Å². The summed E-state index contributed by atoms with van der Waals surface area (Å²) < 4.78 is 5.33. The van der Waals surface area contributed by atoms with E-state index in [2.05, 4.69) is 4.98 Å². The van der Waals surface area contributed by atoms with E-state index in [1.54, 1.807) is 6.26 Å². The SMILES string of the molecule is Cc1nc(-c2ccco2)ccc1C(=O)N1CCCC(CO)C1. The number of piperidine rings is 1. The van der Waals surface area contributed by atoms with Crippen LogP contribution in [0.2, 0.25) is 0 Å². The number of furan rings is 1. The van der Waals surface area contributed by atoms with Crippen molar-refractivity contribution in [3.8, 4) is 11.5 Å². The van der Waals surface area contributed by atoms with Gasteiger partial charge in [0.2, 0.25) is 0 Å². The molecule has 1 saturated heterocycles. The van der Waals surface area contributed by atoms with E-state index in [1.807, 2.05) is 36.1 Å². The van der Waals surface area contributed by atoms with Crippen LogP contribution in [0.5, 0.6) is 0 Å². The number of aryl methyl sites for hydroxylation is 1. The van der Waals surface area contributed by atoms with Gasteiger partial charge in [0.25, 0.3) is 5.91 Å². The second-order valence-corrected chi connectivity index (χ2v) is 5.75. The molecule has 3 rings (SSSR count). The van der Waals surface area contributed by atoms with Gasteiger partial charge in [-0.3, -0.25) is 4.79 Å². The van der Waals surface area contributed by atoms with E-state index >= 15 is 0 Å². The van der Waals surface area contributed by atoms with Crippen LogP contribution < -0.4 is 0 Å². The quantitative estimate of drug-likeness (QED) is 0.945. The van der Waals surface area contributed by atoms with Gasteiger partial charge >= 0.3 is 0 Å². The van der Waals surface area contributed by atoms with Gasteiger partial charge in [0.1, 0.15) is 5.69 Å². The van der Waals surface area contributed by atoms with Crippen LogP contribution in [0.1, 0.15) is 28.9 Å². The molecule has 0 aromatic carbocycles. The molecule has 5 heteroatoms. The van der Waals surface area contributed by atoms with Gasteiger partial charge in [-0.15, -0.1) is 0 Å². The van der Waals surface area contributed by atoms with Crippen LogP contribution >= 0.6 is 0 Å². The van der Waals surface area contributed by atoms with Crippen molar-refractivity contribution in [2.75, 3.05) is 19.7 Å². The Hall–Kier alpha value is -2.14. The second-order valence-electron chi connectivity index (χ2n) is 5.75. The Morgan fingerprint density at radius 3 is 3.00 bits per heavy atom. The number of aromatic nitrogens is 1. The fourth-order valence-electron chi connectivity index (χ4n) is 2.92. The summed E-state index contributed by atoms with van der Waals surface area (Å²) in [6.07, 6.45) is 3.52. The Labute approximate surface area is 129 Å². The summed E-state index contributed by atoms with van der Waals surface area (Å²) >= 11 is 0. The lowest BCUT2D eigenvalue weighted by molar-refractivity contribution is 0.0619. The molecule has 22 heavy (non-hydrogen) atoms. The Balaban J connectivity index is 1.81. The van der Waals surface area contributed by atoms with E-state index < -0.39 is 0 Å². The standard InChI is InChI=1S/C17H20N2O3/c1-12-14(6-7-15(18-12)16-5-3-9-22-16)17(21)19-8-2-4-13(10-19)11-20/h3,5-7,9,13,20H,2,4,8,10-11H2,1H3. The minimum absolute atomic E-state index is 0.00542. The van der Waals surface area contributed by atoms with E-state index in [0.717, 1.165) is 25.1 Å². The lowest BCUT2D eigenvalue weighted by Gasteiger charge is -2.32. The highest BCUT2D eigenvalue weighted by atomic mass is 16.3. The number of likely N-dealkylation sites (tertiary alicyclic amines) is 1. The zero-order valence-electron chi connectivity index (χ0n) is 12.7. The Morgan fingerprint density at radius 2 is 2.32 bits per heavy atom. The van der Waals surface area contributed by atoms with Gasteiger partial charge < -0.3 is 14.4 Å². The molecule has 1 fully saturated rings. The first-order chi connectivity index (χ1) is 10.7. The minimum atomic E-state index is -0.00542. The topological polar surface area (TPSA) is 66.6 Å². The molecule has 0 radical (unpaired) electrons. The fraction of sp³-hybridized carbons (Fsp3) is 0.412. The van der Waals surface area contributed by atoms with E-state index in [9.17, 15) is 9.90 Å². The zero-order chi connectivity index (χ0) is 15.5. The number of aliphatic hydroxyl groups is 1. The number of amides is 1. The molecule has 1 amide bonds. The summed E-state index contributed by atoms with van der Waals surface area (Å²) in [4.78, 5) is 19.0. The Kier molecular flexibility index (Phi) is 4.24. The highest BCUT2D eigenvalue weighted by molar-refractivity contribution is 5.95. The number of nitrogens with zero attached hydrogens (tertiary/aromatic N) is 2. The van der Waals surface area contributed by atoms with E-state index in [4.69, 9.17) is 4.42 Å². The van der Waals surface area contributed by atoms with E-state index in [1.165, 1.54) is 0 Å². The highest BCUT2D eigenvalue weighted by Crippen LogP contribution is 2.22. The Bertz CT molecular complexity index is 652. The van der Waals surface area contributed by atoms with E-state index in [0.29, 0.717) is 23.6 Å². The molecule has 1 aliphatic heterocycles. The van der Waals surface area contributed by atoms with Gasteiger partial charge in [-0.25, -0.2) is 4.98 Å². The van der Waals surface area contributed by atoms with E-state index in [-0.39, 0.29) is 18.4 Å². The first kappa shape index (κ1) is 14.8. The minimum Gasteiger partial charge on any atom is -0.463 e. The summed E-state index contributed by atoms with van der Waals surface area (Å²) in [6, 6.07) is 7.28. The summed E-state index contributed by atoms with van der Waals surface area (Å²) in [5, 5.41) is 9.30. The number of hydrogen-bond acceptors (Lipinski definition) is 4. The summed E-state index contributed by atoms with van der Waals surface area (Å²) in [7, 11) is 0. The Morgan fingerprint density at radius 1 is 1.45 bits per heavy atom. The molecule has 1 atom stereocenters. The van der Waals surface area contributed by atoms with Crippen LogP contribution in [-0.2, 0) is 0 Å². The molecule has 5 nitrogen and oxygen atoms in total. The summed E-state index contributed by atoms with van der Waals surface area (Å²) in [6.45, 7) is 3.34. The van der Waals surface area contributed by atoms with Crippen LogP contribution in [0.25, 0.3) is 11.5 Å². The molecular formula is C17H20N2O3. The predicted octanol–water partition coefficient (Wildman–Crippen LogP) is 2.49. The number of pyridine rings is 1. The third-order valence-corrected chi connectivity index (χ3v) is 4.15. The maximum atomic E-state index is 12.7. The lowest BCUT2D eigenvalue weighted by atomic mass is 9.98. The van der Waals surface area contributed by atoms with Crippen molar-refractivity contribution in [2.45, 2.75) is 19.8 Å². The summed E-state index contributed by atoms with van der Waals surface area (Å²) in [5.41, 5.74) is 2.05. The first-order valence-electron chi connectivity index (χ1n) is 7.60. The molecule has 0 saturated carbocycles. The largest absolute Gasteiger partial charge is 0.463 e. The molecular weight excluding hydrogens is 280 g/mol. The van der Waals surface area contributed by atoms with Crippen LogP contribution in [0.3, 0.4) is 0 Å². The molecule has 1 unspecified atom stereocenters. The molecule has 2 aromatic rings. The average Bonchev–Trinajstić information content (AvgIpc) is 3.08. The molecule has 116 valence electrons. The van der Waals surface area contributed by atoms with Crippen LogP contribution in [0, 0.1) is 12.8 Å². The van der Waals surface area contributed by atoms with Crippen molar-refractivity contribution in [3.05, 3.63) is 41.8 Å². The maximum Gasteiger partial charge on any atom is 0.255 e. The molecule has 3 heterocycles. The van der Waals surface area contributed by atoms with Crippen LogP contribution in [0.4, 0.5) is 0 Å². The van der Waals surface area contributed by atoms with Crippen molar-refractivity contribution in [3.63, 3.8) is 0 Å². The maximum absolute atomic E-state index is 12.7. The van der Waals surface area contributed by atoms with Crippen molar-refractivity contribution < 1.29 is 14.3 Å². The predicted molar refractivity (Wildman–Crippen MR) is 82.4 cm³/mol. The van der Waals surface area contributed by atoms with Crippen LogP contribution in [0.15, 0.2) is 34.9 Å². The number of rotatable bonds is 3. The number of carbonyl (C=O) groups excluding carboxylic acids is 1. The number of aliphatic hydroxyl groups excluding tert-OH is 1. The monoisotopic (exact) mass is 300 g/mol. The molecule has 0 bridgehead atoms. The van der Waals surface area contributed by atoms with Crippen molar-refractivity contribution >= 4 is 5.91 Å². The average molecular weight is 300 g/mol. The molecule has 2 aromatic heterocycles. The van der Waals surface area contributed by atoms with Gasteiger partial charge in [0.05, 0.1) is 17.5 Å². The smallest absolute Gasteiger partial charge is 0.255 e. The second kappa shape index (κ2) is 6.32. The first-order valence-corrected chi connectivity index (χ1v) is 7.60. The number of hydrogen-bond donors (Lipinski definition) is 1. The van der Waals surface area contributed by atoms with Gasteiger partial charge in [-0.05, 0) is 49.9 Å². The molecule has 0 aliphatic carbocycles. The third-order valence-electron chi connectivity index (χ3n) is 4.15. The van der Waals surface area contributed by atoms with Crippen molar-refractivity contribution in [2.24, 2.45) is 5.92 Å². The molecule has 1 aliphatic rings. The van der Waals surface area contributed by atoms with Crippen molar-refractivity contribution in [1.29, 1.82) is 0 Å². The van der Waals surface area contributed by atoms with Crippen LogP contribution in [-0.4, -0.2) is 40.6 Å². The van der Waals surface area contributed by atoms with Gasteiger partial charge in [-0.1, -0.05) is 0 Å². The molecule has 1 N–H and O–H groups in total. The lowest BCUT2D eigenvalue weighted by Crippen LogP contribution is -2.41. The highest BCUT2D eigenvalue weighted by Gasteiger charge is 2.25.